The predicted molar refractivity (Wildman–Crippen MR) is 63.6 cm³/mol. The molecule has 1 aromatic rings. The molecule has 2 nitrogen and oxygen atoms in total. The molecule has 1 rings (SSSR count). The summed E-state index contributed by atoms with van der Waals surface area (Å²) in [7, 11) is 0. The average Bonchev–Trinajstić information content (AvgIpc) is 2.26. The third-order valence-corrected chi connectivity index (χ3v) is 2.61. The highest BCUT2D eigenvalue weighted by Gasteiger charge is 2.05. The Morgan fingerprint density at radius 1 is 1.67 bits per heavy atom. The van der Waals surface area contributed by atoms with E-state index in [1.54, 1.807) is 6.20 Å². The number of hydrogen-bond acceptors (Lipinski definition) is 2. The minimum atomic E-state index is 0.353. The number of nitrogens with one attached hydrogen (secondary N) is 1. The van der Waals surface area contributed by atoms with Crippen LogP contribution in [0.4, 0.5) is 0 Å². The third-order valence-electron chi connectivity index (χ3n) is 2.27. The molecule has 1 atom stereocenters. The maximum absolute atomic E-state index is 5.94. The number of terminal acetylenes is 1. The maximum Gasteiger partial charge on any atom is 0.133 e. The van der Waals surface area contributed by atoms with Crippen LogP contribution in [-0.2, 0) is 6.54 Å². The van der Waals surface area contributed by atoms with Gasteiger partial charge in [0.05, 0.1) is 0 Å². The van der Waals surface area contributed by atoms with Crippen LogP contribution in [0.1, 0.15) is 25.3 Å². The van der Waals surface area contributed by atoms with E-state index in [-0.39, 0.29) is 0 Å². The van der Waals surface area contributed by atoms with E-state index < -0.39 is 0 Å². The fourth-order valence-electron chi connectivity index (χ4n) is 1.31. The number of pyridine rings is 1. The molecule has 3 heteroatoms. The number of nitrogens with zero attached hydrogens (tertiary/aromatic N) is 1. The summed E-state index contributed by atoms with van der Waals surface area (Å²) in [6.45, 7) is 2.83. The number of halogens is 1. The lowest BCUT2D eigenvalue weighted by Crippen LogP contribution is -2.27. The molecule has 1 N–H and O–H groups in total. The van der Waals surface area contributed by atoms with Crippen molar-refractivity contribution >= 4 is 11.6 Å². The van der Waals surface area contributed by atoms with Crippen LogP contribution in [0.25, 0.3) is 0 Å². The van der Waals surface area contributed by atoms with Crippen LogP contribution < -0.4 is 5.32 Å². The lowest BCUT2D eigenvalue weighted by atomic mass is 10.1. The van der Waals surface area contributed by atoms with E-state index in [9.17, 15) is 0 Å². The molecule has 1 heterocycles. The fraction of sp³-hybridized carbons (Fsp3) is 0.417. The first-order valence-electron chi connectivity index (χ1n) is 5.04. The second kappa shape index (κ2) is 6.44. The first kappa shape index (κ1) is 12.0. The molecule has 0 aromatic carbocycles. The van der Waals surface area contributed by atoms with Crippen LogP contribution in [0.2, 0.25) is 5.15 Å². The van der Waals surface area contributed by atoms with E-state index in [2.05, 4.69) is 23.1 Å². The van der Waals surface area contributed by atoms with Gasteiger partial charge in [-0.2, -0.15) is 0 Å². The van der Waals surface area contributed by atoms with Crippen molar-refractivity contribution in [2.45, 2.75) is 32.4 Å². The summed E-state index contributed by atoms with van der Waals surface area (Å²) < 4.78 is 0. The van der Waals surface area contributed by atoms with E-state index in [0.717, 1.165) is 18.4 Å². The van der Waals surface area contributed by atoms with Gasteiger partial charge < -0.3 is 5.32 Å². The van der Waals surface area contributed by atoms with E-state index in [1.165, 1.54) is 0 Å². The summed E-state index contributed by atoms with van der Waals surface area (Å²) in [5, 5.41) is 3.92. The Morgan fingerprint density at radius 2 is 2.47 bits per heavy atom. The number of hydrogen-bond donors (Lipinski definition) is 1. The van der Waals surface area contributed by atoms with E-state index in [1.807, 2.05) is 12.1 Å². The molecular weight excluding hydrogens is 208 g/mol. The molecule has 15 heavy (non-hydrogen) atoms. The standard InChI is InChI=1S/C12H15ClN2/c1-3-6-11(4-2)15-9-10-7-5-8-14-12(10)13/h1,5,7-8,11,15H,4,6,9H2,2H3. The SMILES string of the molecule is C#CCC(CC)NCc1cccnc1Cl. The van der Waals surface area contributed by atoms with Gasteiger partial charge in [0.2, 0.25) is 0 Å². The van der Waals surface area contributed by atoms with Gasteiger partial charge in [-0.1, -0.05) is 24.6 Å². The van der Waals surface area contributed by atoms with Crippen molar-refractivity contribution in [3.8, 4) is 12.3 Å². The first-order valence-corrected chi connectivity index (χ1v) is 5.42. The molecule has 0 aliphatic heterocycles. The van der Waals surface area contributed by atoms with Gasteiger partial charge in [0.15, 0.2) is 0 Å². The molecule has 1 aromatic heterocycles. The molecule has 0 saturated carbocycles. The average molecular weight is 223 g/mol. The highest BCUT2D eigenvalue weighted by atomic mass is 35.5. The zero-order valence-electron chi connectivity index (χ0n) is 8.83. The Bertz CT molecular complexity index is 344. The van der Waals surface area contributed by atoms with Gasteiger partial charge in [-0.05, 0) is 12.5 Å². The lowest BCUT2D eigenvalue weighted by molar-refractivity contribution is 0.506. The fourth-order valence-corrected chi connectivity index (χ4v) is 1.49. The van der Waals surface area contributed by atoms with Crippen molar-refractivity contribution < 1.29 is 0 Å². The molecule has 0 bridgehead atoms. The summed E-state index contributed by atoms with van der Waals surface area (Å²) in [6, 6.07) is 4.20. The Balaban J connectivity index is 2.49. The molecule has 0 amide bonds. The van der Waals surface area contributed by atoms with Crippen molar-refractivity contribution in [1.82, 2.24) is 10.3 Å². The van der Waals surface area contributed by atoms with Crippen LogP contribution in [-0.4, -0.2) is 11.0 Å². The highest BCUT2D eigenvalue weighted by molar-refractivity contribution is 6.30. The quantitative estimate of drug-likeness (QED) is 0.612. The Hall–Kier alpha value is -1.04. The maximum atomic E-state index is 5.94. The van der Waals surface area contributed by atoms with Gasteiger partial charge in [-0.25, -0.2) is 4.98 Å². The summed E-state index contributed by atoms with van der Waals surface area (Å²) in [5.41, 5.74) is 1.01. The van der Waals surface area contributed by atoms with Gasteiger partial charge >= 0.3 is 0 Å². The Kier molecular flexibility index (Phi) is 5.17. The largest absolute Gasteiger partial charge is 0.309 e. The summed E-state index contributed by atoms with van der Waals surface area (Å²) >= 11 is 5.94. The van der Waals surface area contributed by atoms with Gasteiger partial charge in [0.25, 0.3) is 0 Å². The molecule has 1 unspecified atom stereocenters. The smallest absolute Gasteiger partial charge is 0.133 e. The Morgan fingerprint density at radius 3 is 3.07 bits per heavy atom. The molecule has 0 aliphatic carbocycles. The second-order valence-electron chi connectivity index (χ2n) is 3.35. The molecule has 0 spiro atoms. The molecule has 0 fully saturated rings. The second-order valence-corrected chi connectivity index (χ2v) is 3.71. The van der Waals surface area contributed by atoms with Gasteiger partial charge in [0.1, 0.15) is 5.15 Å². The van der Waals surface area contributed by atoms with Crippen LogP contribution in [0.3, 0.4) is 0 Å². The minimum Gasteiger partial charge on any atom is -0.309 e. The predicted octanol–water partition coefficient (Wildman–Crippen LogP) is 2.63. The van der Waals surface area contributed by atoms with Crippen molar-refractivity contribution in [1.29, 1.82) is 0 Å². The minimum absolute atomic E-state index is 0.353. The number of rotatable bonds is 5. The summed E-state index contributed by atoms with van der Waals surface area (Å²) in [4.78, 5) is 4.01. The van der Waals surface area contributed by atoms with Gasteiger partial charge in [0, 0.05) is 30.8 Å². The van der Waals surface area contributed by atoms with E-state index >= 15 is 0 Å². The zero-order chi connectivity index (χ0) is 11.1. The Labute approximate surface area is 96.1 Å². The van der Waals surface area contributed by atoms with Crippen LogP contribution in [0, 0.1) is 12.3 Å². The van der Waals surface area contributed by atoms with E-state index in [0.29, 0.717) is 17.7 Å². The van der Waals surface area contributed by atoms with Gasteiger partial charge in [-0.3, -0.25) is 0 Å². The molecular formula is C12H15ClN2. The van der Waals surface area contributed by atoms with Crippen molar-refractivity contribution in [2.75, 3.05) is 0 Å². The lowest BCUT2D eigenvalue weighted by Gasteiger charge is -2.14. The zero-order valence-corrected chi connectivity index (χ0v) is 9.59. The van der Waals surface area contributed by atoms with Crippen molar-refractivity contribution in [3.05, 3.63) is 29.0 Å². The third kappa shape index (κ3) is 3.91. The highest BCUT2D eigenvalue weighted by Crippen LogP contribution is 2.11. The molecule has 0 aliphatic rings. The normalized spacial score (nSPS) is 12.1. The van der Waals surface area contributed by atoms with Crippen LogP contribution in [0.15, 0.2) is 18.3 Å². The summed E-state index contributed by atoms with van der Waals surface area (Å²) in [5.74, 6) is 2.66. The van der Waals surface area contributed by atoms with Crippen molar-refractivity contribution in [3.63, 3.8) is 0 Å². The van der Waals surface area contributed by atoms with Gasteiger partial charge in [-0.15, -0.1) is 12.3 Å². The van der Waals surface area contributed by atoms with Crippen LogP contribution in [0.5, 0.6) is 0 Å². The molecule has 0 saturated heterocycles. The molecule has 80 valence electrons. The summed E-state index contributed by atoms with van der Waals surface area (Å²) in [6.07, 6.45) is 8.72. The van der Waals surface area contributed by atoms with Crippen molar-refractivity contribution in [2.24, 2.45) is 0 Å². The first-order chi connectivity index (χ1) is 7.27. The number of aromatic nitrogens is 1. The molecule has 0 radical (unpaired) electrons. The topological polar surface area (TPSA) is 24.9 Å². The monoisotopic (exact) mass is 222 g/mol. The van der Waals surface area contributed by atoms with E-state index in [4.69, 9.17) is 18.0 Å². The van der Waals surface area contributed by atoms with Crippen LogP contribution >= 0.6 is 11.6 Å².